The fourth-order valence-corrected chi connectivity index (χ4v) is 2.79. The minimum Gasteiger partial charge on any atom is -0.477 e. The first kappa shape index (κ1) is 16.9. The third-order valence-corrected chi connectivity index (χ3v) is 3.91. The van der Waals surface area contributed by atoms with Crippen molar-refractivity contribution in [1.82, 2.24) is 9.47 Å². The van der Waals surface area contributed by atoms with Gasteiger partial charge in [-0.25, -0.2) is 9.18 Å². The van der Waals surface area contributed by atoms with Gasteiger partial charge in [-0.1, -0.05) is 12.1 Å². The second kappa shape index (κ2) is 6.49. The number of fused-ring (bicyclic) bond motifs is 1. The van der Waals surface area contributed by atoms with Crippen molar-refractivity contribution in [2.45, 2.75) is 6.54 Å². The lowest BCUT2D eigenvalue weighted by Crippen LogP contribution is -2.18. The zero-order valence-corrected chi connectivity index (χ0v) is 13.9. The molecule has 3 rings (SSSR count). The lowest BCUT2D eigenvalue weighted by molar-refractivity contribution is 0.0695. The first-order valence-corrected chi connectivity index (χ1v) is 7.69. The minimum atomic E-state index is -1.31. The van der Waals surface area contributed by atoms with Gasteiger partial charge in [0, 0.05) is 23.8 Å². The summed E-state index contributed by atoms with van der Waals surface area (Å²) in [5.74, 6) is -1.80. The number of carbonyl (C=O) groups is 1. The molecule has 1 aromatic heterocycles. The van der Waals surface area contributed by atoms with Gasteiger partial charge in [0.15, 0.2) is 0 Å². The van der Waals surface area contributed by atoms with Crippen LogP contribution in [-0.4, -0.2) is 34.6 Å². The van der Waals surface area contributed by atoms with Crippen LogP contribution in [0.5, 0.6) is 0 Å². The van der Waals surface area contributed by atoms with E-state index in [2.05, 4.69) is 0 Å². The maximum Gasteiger partial charge on any atom is 0.341 e. The Morgan fingerprint density at radius 3 is 2.44 bits per heavy atom. The van der Waals surface area contributed by atoms with Crippen LogP contribution in [0.3, 0.4) is 0 Å². The number of carboxylic acids is 1. The normalized spacial score (nSPS) is 11.2. The number of hydrogen-bond acceptors (Lipinski definition) is 3. The molecule has 25 heavy (non-hydrogen) atoms. The quantitative estimate of drug-likeness (QED) is 0.793. The zero-order valence-electron chi connectivity index (χ0n) is 13.9. The van der Waals surface area contributed by atoms with Crippen LogP contribution in [-0.2, 0) is 6.54 Å². The number of pyridine rings is 1. The molecule has 0 radical (unpaired) electrons. The third-order valence-electron chi connectivity index (χ3n) is 3.91. The Labute approximate surface area is 143 Å². The van der Waals surface area contributed by atoms with Gasteiger partial charge in [-0.3, -0.25) is 4.79 Å². The molecule has 0 aliphatic heterocycles. The standard InChI is InChI=1S/C19H17FN2O3/c1-21(2)10-12-3-6-14(7-4-12)22-11-16(19(24)25)18(23)15-8-5-13(20)9-17(15)22/h3-9,11H,10H2,1-2H3,(H,24,25). The van der Waals surface area contributed by atoms with E-state index in [0.717, 1.165) is 18.2 Å². The van der Waals surface area contributed by atoms with Gasteiger partial charge in [0.2, 0.25) is 5.43 Å². The summed E-state index contributed by atoms with van der Waals surface area (Å²) in [5, 5.41) is 9.47. The monoisotopic (exact) mass is 340 g/mol. The molecular weight excluding hydrogens is 323 g/mol. The summed E-state index contributed by atoms with van der Waals surface area (Å²) in [4.78, 5) is 25.7. The number of aromatic carboxylic acids is 1. The number of nitrogens with zero attached hydrogens (tertiary/aromatic N) is 2. The predicted molar refractivity (Wildman–Crippen MR) is 93.9 cm³/mol. The van der Waals surface area contributed by atoms with E-state index in [1.807, 2.05) is 43.3 Å². The van der Waals surface area contributed by atoms with Gasteiger partial charge in [-0.15, -0.1) is 0 Å². The van der Waals surface area contributed by atoms with Gasteiger partial charge < -0.3 is 14.6 Å². The average Bonchev–Trinajstić information content (AvgIpc) is 2.55. The summed E-state index contributed by atoms with van der Waals surface area (Å²) in [6.07, 6.45) is 1.24. The van der Waals surface area contributed by atoms with Crippen molar-refractivity contribution in [3.8, 4) is 5.69 Å². The van der Waals surface area contributed by atoms with Gasteiger partial charge >= 0.3 is 5.97 Å². The summed E-state index contributed by atoms with van der Waals surface area (Å²) < 4.78 is 15.2. The molecule has 0 saturated heterocycles. The molecule has 128 valence electrons. The fourth-order valence-electron chi connectivity index (χ4n) is 2.79. The number of hydrogen-bond donors (Lipinski definition) is 1. The van der Waals surface area contributed by atoms with E-state index in [1.54, 1.807) is 0 Å². The Hall–Kier alpha value is -2.99. The molecule has 0 aliphatic carbocycles. The maximum atomic E-state index is 13.7. The van der Waals surface area contributed by atoms with Gasteiger partial charge in [-0.05, 0) is 50.0 Å². The highest BCUT2D eigenvalue weighted by Gasteiger charge is 2.15. The number of rotatable bonds is 4. The van der Waals surface area contributed by atoms with Crippen molar-refractivity contribution in [2.75, 3.05) is 14.1 Å². The highest BCUT2D eigenvalue weighted by Crippen LogP contribution is 2.20. The van der Waals surface area contributed by atoms with Crippen LogP contribution in [0.25, 0.3) is 16.6 Å². The van der Waals surface area contributed by atoms with Crippen molar-refractivity contribution in [3.63, 3.8) is 0 Å². The fraction of sp³-hybridized carbons (Fsp3) is 0.158. The second-order valence-electron chi connectivity index (χ2n) is 6.11. The number of aromatic nitrogens is 1. The van der Waals surface area contributed by atoms with Crippen LogP contribution in [0, 0.1) is 5.82 Å². The van der Waals surface area contributed by atoms with Crippen LogP contribution in [0.4, 0.5) is 4.39 Å². The maximum absolute atomic E-state index is 13.7. The third kappa shape index (κ3) is 3.29. The Bertz CT molecular complexity index is 1010. The van der Waals surface area contributed by atoms with Gasteiger partial charge in [0.25, 0.3) is 0 Å². The Morgan fingerprint density at radius 2 is 1.84 bits per heavy atom. The van der Waals surface area contributed by atoms with Crippen molar-refractivity contribution in [2.24, 2.45) is 0 Å². The smallest absolute Gasteiger partial charge is 0.341 e. The van der Waals surface area contributed by atoms with E-state index in [9.17, 15) is 19.1 Å². The molecule has 1 N–H and O–H groups in total. The second-order valence-corrected chi connectivity index (χ2v) is 6.11. The van der Waals surface area contributed by atoms with Gasteiger partial charge in [0.05, 0.1) is 5.52 Å². The van der Waals surface area contributed by atoms with Crippen molar-refractivity contribution >= 4 is 16.9 Å². The zero-order chi connectivity index (χ0) is 18.1. The molecular formula is C19H17FN2O3. The van der Waals surface area contributed by atoms with E-state index in [4.69, 9.17) is 0 Å². The molecule has 0 bridgehead atoms. The van der Waals surface area contributed by atoms with Crippen molar-refractivity contribution < 1.29 is 14.3 Å². The summed E-state index contributed by atoms with van der Waals surface area (Å²) in [5.41, 5.74) is 1.10. The van der Waals surface area contributed by atoms with Crippen molar-refractivity contribution in [3.05, 3.63) is 75.8 Å². The Kier molecular flexibility index (Phi) is 4.37. The Balaban J connectivity index is 2.24. The molecule has 0 unspecified atom stereocenters. The molecule has 0 fully saturated rings. The molecule has 0 amide bonds. The lowest BCUT2D eigenvalue weighted by Gasteiger charge is -2.14. The van der Waals surface area contributed by atoms with E-state index in [-0.39, 0.29) is 10.9 Å². The summed E-state index contributed by atoms with van der Waals surface area (Å²) in [6, 6.07) is 11.2. The molecule has 0 saturated carbocycles. The Morgan fingerprint density at radius 1 is 1.16 bits per heavy atom. The number of benzene rings is 2. The van der Waals surface area contributed by atoms with Gasteiger partial charge in [0.1, 0.15) is 11.4 Å². The van der Waals surface area contributed by atoms with E-state index in [1.165, 1.54) is 22.9 Å². The summed E-state index contributed by atoms with van der Waals surface area (Å²) in [6.45, 7) is 0.764. The van der Waals surface area contributed by atoms with Gasteiger partial charge in [-0.2, -0.15) is 0 Å². The molecule has 6 heteroatoms. The highest BCUT2D eigenvalue weighted by atomic mass is 19.1. The molecule has 2 aromatic carbocycles. The van der Waals surface area contributed by atoms with E-state index in [0.29, 0.717) is 11.2 Å². The van der Waals surface area contributed by atoms with E-state index < -0.39 is 17.2 Å². The van der Waals surface area contributed by atoms with Crippen LogP contribution < -0.4 is 5.43 Å². The first-order valence-electron chi connectivity index (χ1n) is 7.69. The average molecular weight is 340 g/mol. The van der Waals surface area contributed by atoms with Crippen LogP contribution in [0.2, 0.25) is 0 Å². The van der Waals surface area contributed by atoms with Crippen LogP contribution >= 0.6 is 0 Å². The van der Waals surface area contributed by atoms with E-state index >= 15 is 0 Å². The highest BCUT2D eigenvalue weighted by molar-refractivity contribution is 5.93. The molecule has 3 aromatic rings. The number of halogens is 1. The first-order chi connectivity index (χ1) is 11.9. The molecule has 0 aliphatic rings. The summed E-state index contributed by atoms with van der Waals surface area (Å²) in [7, 11) is 3.93. The van der Waals surface area contributed by atoms with Crippen LogP contribution in [0.1, 0.15) is 15.9 Å². The number of carboxylic acid groups (broad SMARTS) is 1. The SMILES string of the molecule is CN(C)Cc1ccc(-n2cc(C(=O)O)c(=O)c3ccc(F)cc32)cc1. The molecule has 0 atom stereocenters. The van der Waals surface area contributed by atoms with Crippen LogP contribution in [0.15, 0.2) is 53.5 Å². The molecule has 5 nitrogen and oxygen atoms in total. The molecule has 1 heterocycles. The lowest BCUT2D eigenvalue weighted by atomic mass is 10.1. The molecule has 0 spiro atoms. The van der Waals surface area contributed by atoms with Crippen molar-refractivity contribution in [1.29, 1.82) is 0 Å². The minimum absolute atomic E-state index is 0.165. The predicted octanol–water partition coefficient (Wildman–Crippen LogP) is 2.89. The largest absolute Gasteiger partial charge is 0.477 e. The summed E-state index contributed by atoms with van der Waals surface area (Å²) >= 11 is 0. The topological polar surface area (TPSA) is 62.5 Å².